The van der Waals surface area contributed by atoms with Crippen LogP contribution in [0.3, 0.4) is 0 Å². The molecule has 130 valence electrons. The van der Waals surface area contributed by atoms with E-state index >= 15 is 0 Å². The van der Waals surface area contributed by atoms with Gasteiger partial charge >= 0.3 is 0 Å². The molecule has 2 heterocycles. The number of aliphatic hydroxyl groups excluding tert-OH is 1. The summed E-state index contributed by atoms with van der Waals surface area (Å²) in [7, 11) is 1.71. The normalized spacial score (nSPS) is 12.4. The Balaban J connectivity index is 2.24. The Bertz CT molecular complexity index is 957. The number of benzene rings is 1. The SMILES string of the molecule is CC(CO)c1c2cc(-c3cc(NC=O)ncc3Cl)cc(F)c2nn1C. The number of hydrogen-bond acceptors (Lipinski definition) is 4. The van der Waals surface area contributed by atoms with Gasteiger partial charge in [-0.05, 0) is 23.8 Å². The quantitative estimate of drug-likeness (QED) is 0.683. The van der Waals surface area contributed by atoms with Crippen molar-refractivity contribution in [3.8, 4) is 11.1 Å². The number of anilines is 1. The number of aliphatic hydroxyl groups is 1. The summed E-state index contributed by atoms with van der Waals surface area (Å²) in [5.74, 6) is -0.382. The summed E-state index contributed by atoms with van der Waals surface area (Å²) in [5, 5.41) is 17.1. The van der Waals surface area contributed by atoms with E-state index in [1.54, 1.807) is 23.9 Å². The molecule has 0 fully saturated rings. The van der Waals surface area contributed by atoms with Gasteiger partial charge in [0.25, 0.3) is 0 Å². The second kappa shape index (κ2) is 6.78. The van der Waals surface area contributed by atoms with Gasteiger partial charge in [0.1, 0.15) is 11.3 Å². The van der Waals surface area contributed by atoms with Crippen LogP contribution in [0.5, 0.6) is 0 Å². The van der Waals surface area contributed by atoms with Gasteiger partial charge in [-0.3, -0.25) is 9.48 Å². The maximum atomic E-state index is 14.6. The van der Waals surface area contributed by atoms with Crippen molar-refractivity contribution in [2.24, 2.45) is 7.05 Å². The second-order valence-electron chi connectivity index (χ2n) is 5.76. The maximum Gasteiger partial charge on any atom is 0.212 e. The molecule has 1 unspecified atom stereocenters. The molecule has 6 nitrogen and oxygen atoms in total. The Labute approximate surface area is 148 Å². The molecule has 1 aromatic carbocycles. The lowest BCUT2D eigenvalue weighted by Crippen LogP contribution is -2.06. The first-order valence-corrected chi connectivity index (χ1v) is 7.97. The number of nitrogens with zero attached hydrogens (tertiary/aromatic N) is 3. The Morgan fingerprint density at radius 3 is 2.88 bits per heavy atom. The standard InChI is InChI=1S/C17H16ClFN4O2/c1-9(7-24)17-12-3-10(4-14(19)16(12)22-23(17)2)11-5-15(21-8-25)20-6-13(11)18/h3-6,8-9,24H,7H2,1-2H3,(H,20,21,25). The predicted molar refractivity (Wildman–Crippen MR) is 94.1 cm³/mol. The molecule has 0 spiro atoms. The minimum atomic E-state index is -0.489. The largest absolute Gasteiger partial charge is 0.396 e. The topological polar surface area (TPSA) is 80.0 Å². The van der Waals surface area contributed by atoms with Crippen LogP contribution in [0, 0.1) is 5.82 Å². The molecule has 0 saturated carbocycles. The monoisotopic (exact) mass is 362 g/mol. The molecule has 0 bridgehead atoms. The van der Waals surface area contributed by atoms with Gasteiger partial charge in [-0.1, -0.05) is 18.5 Å². The third-order valence-corrected chi connectivity index (χ3v) is 4.35. The van der Waals surface area contributed by atoms with Crippen LogP contribution in [0.1, 0.15) is 18.5 Å². The summed E-state index contributed by atoms with van der Waals surface area (Å²) >= 11 is 6.21. The number of carbonyl (C=O) groups is 1. The van der Waals surface area contributed by atoms with Crippen LogP contribution in [-0.4, -0.2) is 32.9 Å². The van der Waals surface area contributed by atoms with Crippen LogP contribution in [0.4, 0.5) is 10.2 Å². The highest BCUT2D eigenvalue weighted by molar-refractivity contribution is 6.33. The molecule has 0 radical (unpaired) electrons. The van der Waals surface area contributed by atoms with Crippen molar-refractivity contribution in [3.63, 3.8) is 0 Å². The van der Waals surface area contributed by atoms with Crippen molar-refractivity contribution in [2.75, 3.05) is 11.9 Å². The Hall–Kier alpha value is -2.51. The van der Waals surface area contributed by atoms with E-state index in [1.807, 2.05) is 6.92 Å². The number of amides is 1. The summed E-state index contributed by atoms with van der Waals surface area (Å²) in [6, 6.07) is 4.69. The van der Waals surface area contributed by atoms with Crippen LogP contribution in [0.25, 0.3) is 22.0 Å². The summed E-state index contributed by atoms with van der Waals surface area (Å²) in [4.78, 5) is 14.6. The number of aromatic nitrogens is 3. The Morgan fingerprint density at radius 1 is 1.44 bits per heavy atom. The first-order chi connectivity index (χ1) is 12.0. The van der Waals surface area contributed by atoms with E-state index in [0.717, 1.165) is 5.69 Å². The first kappa shape index (κ1) is 17.3. The highest BCUT2D eigenvalue weighted by Gasteiger charge is 2.19. The van der Waals surface area contributed by atoms with Gasteiger partial charge in [0, 0.05) is 30.1 Å². The Kier molecular flexibility index (Phi) is 4.69. The van der Waals surface area contributed by atoms with Crippen LogP contribution in [0.15, 0.2) is 24.4 Å². The molecule has 1 amide bonds. The van der Waals surface area contributed by atoms with Crippen molar-refractivity contribution < 1.29 is 14.3 Å². The molecule has 8 heteroatoms. The average Bonchev–Trinajstić information content (AvgIpc) is 2.93. The van der Waals surface area contributed by atoms with E-state index in [2.05, 4.69) is 15.4 Å². The molecule has 3 rings (SSSR count). The maximum absolute atomic E-state index is 14.6. The van der Waals surface area contributed by atoms with Crippen LogP contribution >= 0.6 is 11.6 Å². The molecule has 0 aliphatic carbocycles. The van der Waals surface area contributed by atoms with E-state index in [9.17, 15) is 14.3 Å². The predicted octanol–water partition coefficient (Wildman–Crippen LogP) is 3.09. The van der Waals surface area contributed by atoms with Crippen LogP contribution in [-0.2, 0) is 11.8 Å². The fourth-order valence-electron chi connectivity index (χ4n) is 2.90. The van der Waals surface area contributed by atoms with Crippen LogP contribution in [0.2, 0.25) is 5.02 Å². The lowest BCUT2D eigenvalue weighted by atomic mass is 9.99. The number of pyridine rings is 1. The lowest BCUT2D eigenvalue weighted by Gasteiger charge is -2.10. The first-order valence-electron chi connectivity index (χ1n) is 7.59. The fraction of sp³-hybridized carbons (Fsp3) is 0.235. The number of hydrogen-bond donors (Lipinski definition) is 2. The Morgan fingerprint density at radius 2 is 2.20 bits per heavy atom. The second-order valence-corrected chi connectivity index (χ2v) is 6.17. The minimum absolute atomic E-state index is 0.0795. The summed E-state index contributed by atoms with van der Waals surface area (Å²) < 4.78 is 16.2. The zero-order chi connectivity index (χ0) is 18.1. The smallest absolute Gasteiger partial charge is 0.212 e. The summed E-state index contributed by atoms with van der Waals surface area (Å²) in [5.41, 5.74) is 2.03. The van der Waals surface area contributed by atoms with Crippen molar-refractivity contribution in [1.29, 1.82) is 0 Å². The van der Waals surface area contributed by atoms with Gasteiger partial charge in [-0.2, -0.15) is 5.10 Å². The average molecular weight is 363 g/mol. The molecule has 1 atom stereocenters. The van der Waals surface area contributed by atoms with Crippen molar-refractivity contribution >= 4 is 34.7 Å². The van der Waals surface area contributed by atoms with E-state index in [4.69, 9.17) is 11.6 Å². The molecule has 25 heavy (non-hydrogen) atoms. The number of fused-ring (bicyclic) bond motifs is 1. The van der Waals surface area contributed by atoms with E-state index in [0.29, 0.717) is 33.8 Å². The fourth-order valence-corrected chi connectivity index (χ4v) is 3.11. The van der Waals surface area contributed by atoms with E-state index in [-0.39, 0.29) is 18.0 Å². The minimum Gasteiger partial charge on any atom is -0.396 e. The van der Waals surface area contributed by atoms with Gasteiger partial charge in [0.05, 0.1) is 17.3 Å². The van der Waals surface area contributed by atoms with Crippen molar-refractivity contribution in [2.45, 2.75) is 12.8 Å². The third kappa shape index (κ3) is 3.08. The van der Waals surface area contributed by atoms with Crippen molar-refractivity contribution in [3.05, 3.63) is 40.9 Å². The highest BCUT2D eigenvalue weighted by Crippen LogP contribution is 2.35. The van der Waals surface area contributed by atoms with Gasteiger partial charge in [-0.25, -0.2) is 9.37 Å². The van der Waals surface area contributed by atoms with Gasteiger partial charge in [-0.15, -0.1) is 0 Å². The van der Waals surface area contributed by atoms with Crippen molar-refractivity contribution in [1.82, 2.24) is 14.8 Å². The molecule has 3 aromatic rings. The third-order valence-electron chi connectivity index (χ3n) is 4.05. The van der Waals surface area contributed by atoms with Gasteiger partial charge in [0.2, 0.25) is 6.41 Å². The van der Waals surface area contributed by atoms with Gasteiger partial charge in [0.15, 0.2) is 5.82 Å². The summed E-state index contributed by atoms with van der Waals surface area (Å²) in [6.45, 7) is 1.76. The zero-order valence-electron chi connectivity index (χ0n) is 13.6. The summed E-state index contributed by atoms with van der Waals surface area (Å²) in [6.07, 6.45) is 1.90. The number of halogens is 2. The zero-order valence-corrected chi connectivity index (χ0v) is 14.4. The highest BCUT2D eigenvalue weighted by atomic mass is 35.5. The number of aryl methyl sites for hydroxylation is 1. The molecular formula is C17H16ClFN4O2. The molecule has 2 aromatic heterocycles. The van der Waals surface area contributed by atoms with Gasteiger partial charge < -0.3 is 10.4 Å². The molecule has 0 aliphatic heterocycles. The molecule has 2 N–H and O–H groups in total. The number of rotatable bonds is 5. The molecular weight excluding hydrogens is 347 g/mol. The number of carbonyl (C=O) groups excluding carboxylic acids is 1. The molecule has 0 saturated heterocycles. The van der Waals surface area contributed by atoms with Crippen LogP contribution < -0.4 is 5.32 Å². The van der Waals surface area contributed by atoms with E-state index < -0.39 is 5.82 Å². The van der Waals surface area contributed by atoms with E-state index in [1.165, 1.54) is 12.3 Å². The number of nitrogens with one attached hydrogen (secondary N) is 1. The lowest BCUT2D eigenvalue weighted by molar-refractivity contribution is -0.105. The molecule has 0 aliphatic rings.